The van der Waals surface area contributed by atoms with Crippen LogP contribution in [0, 0.1) is 0 Å². The van der Waals surface area contributed by atoms with Gasteiger partial charge >= 0.3 is 0 Å². The van der Waals surface area contributed by atoms with E-state index in [0.717, 1.165) is 37.8 Å². The SMILES string of the molecule is O=C(NCCCN1CCCCCC1=O)c1ccc(-c2ccccc2Cl)o1. The van der Waals surface area contributed by atoms with Crippen LogP contribution in [0.15, 0.2) is 40.8 Å². The monoisotopic (exact) mass is 374 g/mol. The molecule has 2 aromatic rings. The zero-order valence-corrected chi connectivity index (χ0v) is 15.4. The molecule has 1 aliphatic rings. The molecule has 1 aliphatic heterocycles. The summed E-state index contributed by atoms with van der Waals surface area (Å²) >= 11 is 6.15. The van der Waals surface area contributed by atoms with Gasteiger partial charge in [0.15, 0.2) is 5.76 Å². The Kier molecular flexibility index (Phi) is 6.34. The zero-order valence-electron chi connectivity index (χ0n) is 14.7. The van der Waals surface area contributed by atoms with Crippen LogP contribution in [-0.4, -0.2) is 36.3 Å². The number of hydrogen-bond donors (Lipinski definition) is 1. The van der Waals surface area contributed by atoms with E-state index in [2.05, 4.69) is 5.32 Å². The summed E-state index contributed by atoms with van der Waals surface area (Å²) in [5.74, 6) is 0.788. The van der Waals surface area contributed by atoms with Gasteiger partial charge in [-0.05, 0) is 43.5 Å². The summed E-state index contributed by atoms with van der Waals surface area (Å²) in [5, 5.41) is 3.42. The van der Waals surface area contributed by atoms with Gasteiger partial charge in [-0.3, -0.25) is 9.59 Å². The number of halogens is 1. The van der Waals surface area contributed by atoms with Crippen LogP contribution in [0.4, 0.5) is 0 Å². The molecule has 1 fully saturated rings. The highest BCUT2D eigenvalue weighted by molar-refractivity contribution is 6.33. The number of likely N-dealkylation sites (tertiary alicyclic amines) is 1. The Balaban J connectivity index is 1.48. The molecule has 2 heterocycles. The molecule has 1 aromatic heterocycles. The quantitative estimate of drug-likeness (QED) is 0.773. The minimum Gasteiger partial charge on any atom is -0.451 e. The van der Waals surface area contributed by atoms with Crippen LogP contribution in [0.3, 0.4) is 0 Å². The maximum atomic E-state index is 12.2. The predicted octanol–water partition coefficient (Wildman–Crippen LogP) is 4.12. The van der Waals surface area contributed by atoms with Gasteiger partial charge in [0.05, 0.1) is 5.02 Å². The highest BCUT2D eigenvalue weighted by atomic mass is 35.5. The van der Waals surface area contributed by atoms with Crippen molar-refractivity contribution in [1.82, 2.24) is 10.2 Å². The highest BCUT2D eigenvalue weighted by Gasteiger charge is 2.16. The lowest BCUT2D eigenvalue weighted by molar-refractivity contribution is -0.130. The van der Waals surface area contributed by atoms with Gasteiger partial charge in [0.25, 0.3) is 5.91 Å². The predicted molar refractivity (Wildman–Crippen MR) is 101 cm³/mol. The molecule has 0 unspecified atom stereocenters. The molecule has 5 nitrogen and oxygen atoms in total. The van der Waals surface area contributed by atoms with E-state index in [0.29, 0.717) is 30.3 Å². The van der Waals surface area contributed by atoms with Crippen LogP contribution >= 0.6 is 11.6 Å². The molecular formula is C20H23ClN2O3. The van der Waals surface area contributed by atoms with Gasteiger partial charge in [0.2, 0.25) is 5.91 Å². The van der Waals surface area contributed by atoms with Crippen molar-refractivity contribution < 1.29 is 14.0 Å². The van der Waals surface area contributed by atoms with Crippen LogP contribution < -0.4 is 5.32 Å². The Morgan fingerprint density at radius 2 is 2.00 bits per heavy atom. The van der Waals surface area contributed by atoms with Gasteiger partial charge in [0.1, 0.15) is 5.76 Å². The molecule has 6 heteroatoms. The molecule has 1 N–H and O–H groups in total. The van der Waals surface area contributed by atoms with Crippen molar-refractivity contribution in [2.24, 2.45) is 0 Å². The zero-order chi connectivity index (χ0) is 18.4. The van der Waals surface area contributed by atoms with Crippen LogP contribution in [0.5, 0.6) is 0 Å². The van der Waals surface area contributed by atoms with E-state index in [4.69, 9.17) is 16.0 Å². The van der Waals surface area contributed by atoms with Gasteiger partial charge in [-0.1, -0.05) is 30.2 Å². The average Bonchev–Trinajstić information content (AvgIpc) is 3.04. The fourth-order valence-electron chi connectivity index (χ4n) is 3.10. The Bertz CT molecular complexity index is 772. The third-order valence-electron chi connectivity index (χ3n) is 4.53. The van der Waals surface area contributed by atoms with Crippen LogP contribution in [-0.2, 0) is 4.79 Å². The Morgan fingerprint density at radius 1 is 1.15 bits per heavy atom. The first-order valence-electron chi connectivity index (χ1n) is 9.06. The van der Waals surface area contributed by atoms with E-state index in [1.54, 1.807) is 18.2 Å². The van der Waals surface area contributed by atoms with Crippen molar-refractivity contribution in [1.29, 1.82) is 0 Å². The molecule has 3 rings (SSSR count). The number of amides is 2. The number of benzene rings is 1. The van der Waals surface area contributed by atoms with E-state index in [9.17, 15) is 9.59 Å². The normalized spacial score (nSPS) is 15.0. The van der Waals surface area contributed by atoms with E-state index < -0.39 is 0 Å². The number of carbonyl (C=O) groups excluding carboxylic acids is 2. The van der Waals surface area contributed by atoms with Crippen molar-refractivity contribution >= 4 is 23.4 Å². The van der Waals surface area contributed by atoms with E-state index in [-0.39, 0.29) is 17.6 Å². The lowest BCUT2D eigenvalue weighted by Crippen LogP contribution is -2.33. The van der Waals surface area contributed by atoms with Crippen LogP contribution in [0.1, 0.15) is 42.7 Å². The highest BCUT2D eigenvalue weighted by Crippen LogP contribution is 2.28. The Morgan fingerprint density at radius 3 is 2.85 bits per heavy atom. The molecule has 2 amide bonds. The van der Waals surface area contributed by atoms with Gasteiger partial charge in [-0.15, -0.1) is 0 Å². The minimum atomic E-state index is -0.259. The summed E-state index contributed by atoms with van der Waals surface area (Å²) in [6.45, 7) is 2.01. The number of hydrogen-bond acceptors (Lipinski definition) is 3. The lowest BCUT2D eigenvalue weighted by atomic mass is 10.2. The molecule has 0 saturated carbocycles. The second kappa shape index (κ2) is 8.90. The first kappa shape index (κ1) is 18.5. The average molecular weight is 375 g/mol. The molecular weight excluding hydrogens is 352 g/mol. The van der Waals surface area contributed by atoms with Crippen molar-refractivity contribution in [2.75, 3.05) is 19.6 Å². The fraction of sp³-hybridized carbons (Fsp3) is 0.400. The largest absolute Gasteiger partial charge is 0.451 e. The second-order valence-electron chi connectivity index (χ2n) is 6.44. The van der Waals surface area contributed by atoms with Gasteiger partial charge in [-0.2, -0.15) is 0 Å². The maximum Gasteiger partial charge on any atom is 0.287 e. The van der Waals surface area contributed by atoms with E-state index in [1.807, 2.05) is 23.1 Å². The van der Waals surface area contributed by atoms with E-state index in [1.165, 1.54) is 0 Å². The maximum absolute atomic E-state index is 12.2. The summed E-state index contributed by atoms with van der Waals surface area (Å²) in [7, 11) is 0. The van der Waals surface area contributed by atoms with Gasteiger partial charge < -0.3 is 14.6 Å². The third kappa shape index (κ3) is 4.67. The molecule has 1 saturated heterocycles. The summed E-state index contributed by atoms with van der Waals surface area (Å²) in [5.41, 5.74) is 0.757. The molecule has 1 aromatic carbocycles. The first-order valence-corrected chi connectivity index (χ1v) is 9.43. The number of furan rings is 1. The first-order chi connectivity index (χ1) is 12.6. The Labute approximate surface area is 158 Å². The van der Waals surface area contributed by atoms with Crippen molar-refractivity contribution in [3.8, 4) is 11.3 Å². The minimum absolute atomic E-state index is 0.226. The smallest absolute Gasteiger partial charge is 0.287 e. The molecule has 0 aliphatic carbocycles. The van der Waals surface area contributed by atoms with Crippen LogP contribution in [0.25, 0.3) is 11.3 Å². The molecule has 0 atom stereocenters. The van der Waals surface area contributed by atoms with Crippen LogP contribution in [0.2, 0.25) is 5.02 Å². The van der Waals surface area contributed by atoms with E-state index >= 15 is 0 Å². The third-order valence-corrected chi connectivity index (χ3v) is 4.86. The summed E-state index contributed by atoms with van der Waals surface area (Å²) in [4.78, 5) is 26.1. The molecule has 0 radical (unpaired) electrons. The fourth-order valence-corrected chi connectivity index (χ4v) is 3.33. The van der Waals surface area contributed by atoms with Gasteiger partial charge in [-0.25, -0.2) is 0 Å². The number of nitrogens with zero attached hydrogens (tertiary/aromatic N) is 1. The van der Waals surface area contributed by atoms with Crippen molar-refractivity contribution in [3.63, 3.8) is 0 Å². The molecule has 26 heavy (non-hydrogen) atoms. The summed E-state index contributed by atoms with van der Waals surface area (Å²) < 4.78 is 5.63. The summed E-state index contributed by atoms with van der Waals surface area (Å²) in [6.07, 6.45) is 4.54. The van der Waals surface area contributed by atoms with Gasteiger partial charge in [0, 0.05) is 31.6 Å². The molecule has 0 bridgehead atoms. The number of carbonyl (C=O) groups is 2. The number of rotatable bonds is 6. The standard InChI is InChI=1S/C20H23ClN2O3/c21-16-8-4-3-7-15(16)17-10-11-18(26-17)20(25)22-12-6-14-23-13-5-1-2-9-19(23)24/h3-4,7-8,10-11H,1-2,5-6,9,12-14H2,(H,22,25). The second-order valence-corrected chi connectivity index (χ2v) is 6.85. The molecule has 138 valence electrons. The lowest BCUT2D eigenvalue weighted by Gasteiger charge is -2.20. The number of nitrogens with one attached hydrogen (secondary N) is 1. The molecule has 0 spiro atoms. The summed E-state index contributed by atoms with van der Waals surface area (Å²) in [6, 6.07) is 10.7. The van der Waals surface area contributed by atoms with Crippen molar-refractivity contribution in [3.05, 3.63) is 47.2 Å². The van der Waals surface area contributed by atoms with Crippen molar-refractivity contribution in [2.45, 2.75) is 32.1 Å². The topological polar surface area (TPSA) is 62.6 Å². The Hall–Kier alpha value is -2.27.